The molecule has 0 atom stereocenters. The molecule has 0 saturated heterocycles. The lowest BCUT2D eigenvalue weighted by Gasteiger charge is -2.10. The number of hydrogen-bond donors (Lipinski definition) is 2. The van der Waals surface area contributed by atoms with Gasteiger partial charge in [0.15, 0.2) is 11.5 Å². The molecule has 4 heterocycles. The van der Waals surface area contributed by atoms with Crippen molar-refractivity contribution < 1.29 is 4.42 Å². The minimum absolute atomic E-state index is 0.576. The highest BCUT2D eigenvalue weighted by Crippen LogP contribution is 2.31. The van der Waals surface area contributed by atoms with E-state index < -0.39 is 0 Å². The van der Waals surface area contributed by atoms with Crippen LogP contribution in [0.15, 0.2) is 59.5 Å². The Morgan fingerprint density at radius 1 is 1.10 bits per heavy atom. The smallest absolute Gasteiger partial charge is 0.183 e. The molecule has 1 aromatic carbocycles. The van der Waals surface area contributed by atoms with Crippen LogP contribution in [0, 0.1) is 0 Å². The van der Waals surface area contributed by atoms with Gasteiger partial charge >= 0.3 is 0 Å². The van der Waals surface area contributed by atoms with E-state index in [1.165, 1.54) is 0 Å². The van der Waals surface area contributed by atoms with Crippen molar-refractivity contribution in [3.8, 4) is 22.5 Å². The van der Waals surface area contributed by atoms with E-state index in [0.29, 0.717) is 12.4 Å². The molecule has 0 aliphatic heterocycles. The number of aromatic nitrogens is 7. The van der Waals surface area contributed by atoms with Crippen molar-refractivity contribution in [2.24, 2.45) is 0 Å². The SMILES string of the molecule is CCc1cc(NCc2ccc(-c3cocc3-c3nnn[nH]3)cc2)n2nccc2n1. The maximum absolute atomic E-state index is 5.37. The maximum Gasteiger partial charge on any atom is 0.183 e. The fraction of sp³-hybridized carbons (Fsp3) is 0.150. The third-order valence-corrected chi connectivity index (χ3v) is 4.78. The van der Waals surface area contributed by atoms with Crippen LogP contribution in [0.5, 0.6) is 0 Å². The molecule has 5 rings (SSSR count). The molecule has 0 saturated carbocycles. The van der Waals surface area contributed by atoms with E-state index in [1.807, 2.05) is 16.6 Å². The Bertz CT molecular complexity index is 1240. The summed E-state index contributed by atoms with van der Waals surface area (Å²) in [5, 5.41) is 21.8. The number of furan rings is 1. The van der Waals surface area contributed by atoms with Crippen LogP contribution in [-0.2, 0) is 13.0 Å². The van der Waals surface area contributed by atoms with Crippen LogP contribution in [0.1, 0.15) is 18.2 Å². The molecule has 2 N–H and O–H groups in total. The predicted octanol–water partition coefficient (Wildman–Crippen LogP) is 3.34. The highest BCUT2D eigenvalue weighted by atomic mass is 16.3. The third-order valence-electron chi connectivity index (χ3n) is 4.78. The van der Waals surface area contributed by atoms with Gasteiger partial charge in [-0.25, -0.2) is 10.1 Å². The standard InChI is InChI=1S/C20H18N8O/c1-2-15-9-19(28-18(23-15)7-8-22-28)21-10-13-3-5-14(6-4-13)16-11-29-12-17(16)20-24-26-27-25-20/h3-9,11-12,21H,2,10H2,1H3,(H,24,25,26,27). The minimum Gasteiger partial charge on any atom is -0.471 e. The Morgan fingerprint density at radius 2 is 1.97 bits per heavy atom. The van der Waals surface area contributed by atoms with Crippen LogP contribution in [0.25, 0.3) is 28.2 Å². The van der Waals surface area contributed by atoms with Crippen molar-refractivity contribution in [3.63, 3.8) is 0 Å². The van der Waals surface area contributed by atoms with Gasteiger partial charge in [0.2, 0.25) is 0 Å². The zero-order chi connectivity index (χ0) is 19.6. The van der Waals surface area contributed by atoms with Gasteiger partial charge in [0, 0.05) is 29.9 Å². The Morgan fingerprint density at radius 3 is 2.76 bits per heavy atom. The van der Waals surface area contributed by atoms with Crippen LogP contribution >= 0.6 is 0 Å². The van der Waals surface area contributed by atoms with E-state index >= 15 is 0 Å². The quantitative estimate of drug-likeness (QED) is 0.460. The van der Waals surface area contributed by atoms with Crippen molar-refractivity contribution in [1.82, 2.24) is 35.2 Å². The van der Waals surface area contributed by atoms with Gasteiger partial charge < -0.3 is 9.73 Å². The second kappa shape index (κ2) is 7.19. The molecule has 0 fully saturated rings. The number of benzene rings is 1. The van der Waals surface area contributed by atoms with E-state index in [0.717, 1.165) is 45.8 Å². The largest absolute Gasteiger partial charge is 0.471 e. The first-order valence-electron chi connectivity index (χ1n) is 9.29. The molecule has 0 radical (unpaired) electrons. The van der Waals surface area contributed by atoms with Crippen LogP contribution in [-0.4, -0.2) is 35.2 Å². The van der Waals surface area contributed by atoms with Crippen LogP contribution < -0.4 is 5.32 Å². The molecule has 0 aliphatic rings. The molecule has 4 aromatic heterocycles. The number of fused-ring (bicyclic) bond motifs is 1. The summed E-state index contributed by atoms with van der Waals surface area (Å²) in [7, 11) is 0. The van der Waals surface area contributed by atoms with Crippen molar-refractivity contribution in [2.75, 3.05) is 5.32 Å². The van der Waals surface area contributed by atoms with Crippen molar-refractivity contribution >= 4 is 11.5 Å². The summed E-state index contributed by atoms with van der Waals surface area (Å²) in [5.74, 6) is 1.50. The second-order valence-corrected chi connectivity index (χ2v) is 6.59. The minimum atomic E-state index is 0.576. The van der Waals surface area contributed by atoms with E-state index in [4.69, 9.17) is 4.42 Å². The normalized spacial score (nSPS) is 11.2. The molecule has 5 aromatic rings. The zero-order valence-electron chi connectivity index (χ0n) is 15.7. The predicted molar refractivity (Wildman–Crippen MR) is 107 cm³/mol. The van der Waals surface area contributed by atoms with Crippen LogP contribution in [0.2, 0.25) is 0 Å². The molecule has 9 heteroatoms. The highest BCUT2D eigenvalue weighted by Gasteiger charge is 2.13. The summed E-state index contributed by atoms with van der Waals surface area (Å²) in [6.45, 7) is 2.77. The van der Waals surface area contributed by atoms with E-state index in [1.54, 1.807) is 18.7 Å². The summed E-state index contributed by atoms with van der Waals surface area (Å²) < 4.78 is 7.19. The number of aryl methyl sites for hydroxylation is 1. The number of nitrogens with one attached hydrogen (secondary N) is 2. The number of H-pyrrole nitrogens is 1. The summed E-state index contributed by atoms with van der Waals surface area (Å²) >= 11 is 0. The topological polar surface area (TPSA) is 110 Å². The van der Waals surface area contributed by atoms with Crippen molar-refractivity contribution in [3.05, 3.63) is 66.4 Å². The van der Waals surface area contributed by atoms with Gasteiger partial charge in [-0.05, 0) is 28.0 Å². The number of aromatic amines is 1. The van der Waals surface area contributed by atoms with Crippen LogP contribution in [0.3, 0.4) is 0 Å². The summed E-state index contributed by atoms with van der Waals surface area (Å²) in [5.41, 5.74) is 5.81. The van der Waals surface area contributed by atoms with E-state index in [9.17, 15) is 0 Å². The lowest BCUT2D eigenvalue weighted by molar-refractivity contribution is 0.568. The fourth-order valence-electron chi connectivity index (χ4n) is 3.24. The van der Waals surface area contributed by atoms with Gasteiger partial charge in [-0.2, -0.15) is 9.61 Å². The zero-order valence-corrected chi connectivity index (χ0v) is 15.7. The number of tetrazole rings is 1. The average molecular weight is 386 g/mol. The molecule has 0 aliphatic carbocycles. The highest BCUT2D eigenvalue weighted by molar-refractivity contribution is 5.79. The van der Waals surface area contributed by atoms with Gasteiger partial charge in [-0.3, -0.25) is 0 Å². The Hall–Kier alpha value is -4.01. The second-order valence-electron chi connectivity index (χ2n) is 6.59. The Kier molecular flexibility index (Phi) is 4.24. The number of rotatable bonds is 6. The first-order valence-corrected chi connectivity index (χ1v) is 9.29. The molecular formula is C20H18N8O. The molecule has 0 amide bonds. The van der Waals surface area contributed by atoms with E-state index in [2.05, 4.69) is 67.2 Å². The molecule has 0 bridgehead atoms. The third kappa shape index (κ3) is 3.22. The number of anilines is 1. The number of hydrogen-bond acceptors (Lipinski definition) is 7. The van der Waals surface area contributed by atoms with Crippen LogP contribution in [0.4, 0.5) is 5.82 Å². The first kappa shape index (κ1) is 17.1. The van der Waals surface area contributed by atoms with Gasteiger partial charge in [0.1, 0.15) is 12.1 Å². The fourth-order valence-corrected chi connectivity index (χ4v) is 3.24. The van der Waals surface area contributed by atoms with Crippen molar-refractivity contribution in [2.45, 2.75) is 19.9 Å². The molecule has 9 nitrogen and oxygen atoms in total. The lowest BCUT2D eigenvalue weighted by atomic mass is 10.0. The van der Waals surface area contributed by atoms with Gasteiger partial charge in [-0.15, -0.1) is 5.10 Å². The Balaban J connectivity index is 1.36. The summed E-state index contributed by atoms with van der Waals surface area (Å²) in [6.07, 6.45) is 5.97. The number of nitrogens with zero attached hydrogens (tertiary/aromatic N) is 6. The summed E-state index contributed by atoms with van der Waals surface area (Å²) in [6, 6.07) is 12.2. The molecule has 0 spiro atoms. The lowest BCUT2D eigenvalue weighted by Crippen LogP contribution is -2.07. The maximum atomic E-state index is 5.37. The van der Waals surface area contributed by atoms with E-state index in [-0.39, 0.29) is 0 Å². The molecule has 29 heavy (non-hydrogen) atoms. The van der Waals surface area contributed by atoms with Gasteiger partial charge in [0.05, 0.1) is 18.0 Å². The molecule has 144 valence electrons. The molecule has 0 unspecified atom stereocenters. The molecular weight excluding hydrogens is 368 g/mol. The average Bonchev–Trinajstić information content (AvgIpc) is 3.52. The van der Waals surface area contributed by atoms with Crippen molar-refractivity contribution in [1.29, 1.82) is 0 Å². The summed E-state index contributed by atoms with van der Waals surface area (Å²) in [4.78, 5) is 4.57. The van der Waals surface area contributed by atoms with Gasteiger partial charge in [0.25, 0.3) is 0 Å². The monoisotopic (exact) mass is 386 g/mol. The van der Waals surface area contributed by atoms with Gasteiger partial charge in [-0.1, -0.05) is 31.2 Å². The first-order chi connectivity index (χ1) is 14.3. The Labute approximate surface area is 165 Å².